The summed E-state index contributed by atoms with van der Waals surface area (Å²) >= 11 is 0. The molecule has 1 aliphatic heterocycles. The highest BCUT2D eigenvalue weighted by Gasteiger charge is 2.26. The smallest absolute Gasteiger partial charge is 0.412 e. The Kier molecular flexibility index (Phi) is 5.86. The molecule has 0 saturated carbocycles. The Morgan fingerprint density at radius 2 is 1.88 bits per heavy atom. The maximum Gasteiger partial charge on any atom is 0.412 e. The van der Waals surface area contributed by atoms with Crippen molar-refractivity contribution in [3.63, 3.8) is 0 Å². The lowest BCUT2D eigenvalue weighted by Crippen LogP contribution is -2.43. The number of ether oxygens (including phenoxy) is 1. The summed E-state index contributed by atoms with van der Waals surface area (Å²) in [7, 11) is 0. The summed E-state index contributed by atoms with van der Waals surface area (Å²) in [6.07, 6.45) is 3.84. The van der Waals surface area contributed by atoms with Gasteiger partial charge in [0.15, 0.2) is 0 Å². The molecular weight excluding hydrogens is 304 g/mol. The van der Waals surface area contributed by atoms with Crippen LogP contribution in [0.3, 0.4) is 0 Å². The van der Waals surface area contributed by atoms with Gasteiger partial charge in [0.1, 0.15) is 5.60 Å². The second-order valence-electron chi connectivity index (χ2n) is 7.26. The van der Waals surface area contributed by atoms with Crippen LogP contribution in [0.2, 0.25) is 0 Å². The molecule has 0 radical (unpaired) electrons. The predicted molar refractivity (Wildman–Crippen MR) is 95.3 cm³/mol. The molecule has 1 fully saturated rings. The van der Waals surface area contributed by atoms with E-state index in [-0.39, 0.29) is 5.91 Å². The van der Waals surface area contributed by atoms with Gasteiger partial charge < -0.3 is 9.64 Å². The third-order valence-corrected chi connectivity index (χ3v) is 4.14. The van der Waals surface area contributed by atoms with Gasteiger partial charge in [0.2, 0.25) is 0 Å². The van der Waals surface area contributed by atoms with E-state index in [0.29, 0.717) is 17.3 Å². The minimum absolute atomic E-state index is 0.0744. The Bertz CT molecular complexity index is 575. The van der Waals surface area contributed by atoms with Crippen molar-refractivity contribution in [2.45, 2.75) is 65.0 Å². The highest BCUT2D eigenvalue weighted by Crippen LogP contribution is 2.22. The number of carbonyl (C=O) groups is 2. The normalized spacial score (nSPS) is 18.2. The SMILES string of the molecule is CC[C@@H]1CCCCN1C(=O)c1ccc(NC(=O)OC(C)(C)C)cc1. The summed E-state index contributed by atoms with van der Waals surface area (Å²) in [5.74, 6) is 0.0744. The molecule has 0 aliphatic carbocycles. The topological polar surface area (TPSA) is 58.6 Å². The molecule has 1 N–H and O–H groups in total. The van der Waals surface area contributed by atoms with Crippen molar-refractivity contribution >= 4 is 17.7 Å². The van der Waals surface area contributed by atoms with Crippen LogP contribution in [0.4, 0.5) is 10.5 Å². The van der Waals surface area contributed by atoms with Gasteiger partial charge in [0.25, 0.3) is 5.91 Å². The number of nitrogens with zero attached hydrogens (tertiary/aromatic N) is 1. The largest absolute Gasteiger partial charge is 0.444 e. The van der Waals surface area contributed by atoms with E-state index < -0.39 is 11.7 Å². The van der Waals surface area contributed by atoms with Crippen LogP contribution >= 0.6 is 0 Å². The monoisotopic (exact) mass is 332 g/mol. The number of likely N-dealkylation sites (tertiary alicyclic amines) is 1. The van der Waals surface area contributed by atoms with Crippen LogP contribution in [-0.4, -0.2) is 35.1 Å². The summed E-state index contributed by atoms with van der Waals surface area (Å²) in [5, 5.41) is 2.68. The van der Waals surface area contributed by atoms with Crippen molar-refractivity contribution in [1.82, 2.24) is 4.90 Å². The predicted octanol–water partition coefficient (Wildman–Crippen LogP) is 4.44. The van der Waals surface area contributed by atoms with Crippen LogP contribution in [0.1, 0.15) is 63.7 Å². The van der Waals surface area contributed by atoms with Gasteiger partial charge in [0.05, 0.1) is 0 Å². The van der Waals surface area contributed by atoms with Crippen LogP contribution in [-0.2, 0) is 4.74 Å². The molecule has 0 bridgehead atoms. The molecule has 1 heterocycles. The quantitative estimate of drug-likeness (QED) is 0.890. The van der Waals surface area contributed by atoms with Gasteiger partial charge in [0, 0.05) is 23.8 Å². The maximum atomic E-state index is 12.7. The van der Waals surface area contributed by atoms with E-state index in [4.69, 9.17) is 4.74 Å². The van der Waals surface area contributed by atoms with Gasteiger partial charge in [-0.25, -0.2) is 4.79 Å². The standard InChI is InChI=1S/C19H28N2O3/c1-5-16-8-6-7-13-21(16)17(22)14-9-11-15(12-10-14)20-18(23)24-19(2,3)4/h9-12,16H,5-8,13H2,1-4H3,(H,20,23)/t16-/m1/s1. The van der Waals surface area contributed by atoms with E-state index >= 15 is 0 Å². The minimum Gasteiger partial charge on any atom is -0.444 e. The lowest BCUT2D eigenvalue weighted by atomic mass is 9.99. The Morgan fingerprint density at radius 1 is 1.21 bits per heavy atom. The summed E-state index contributed by atoms with van der Waals surface area (Å²) in [4.78, 5) is 26.5. The highest BCUT2D eigenvalue weighted by atomic mass is 16.6. The first kappa shape index (κ1) is 18.3. The molecule has 1 saturated heterocycles. The van der Waals surface area contributed by atoms with E-state index in [0.717, 1.165) is 25.8 Å². The van der Waals surface area contributed by atoms with Crippen LogP contribution in [0.15, 0.2) is 24.3 Å². The molecule has 0 aromatic heterocycles. The fourth-order valence-electron chi connectivity index (χ4n) is 2.98. The van der Waals surface area contributed by atoms with Crippen molar-refractivity contribution < 1.29 is 14.3 Å². The summed E-state index contributed by atoms with van der Waals surface area (Å²) in [6.45, 7) is 8.41. The molecule has 1 aromatic rings. The Labute approximate surface area is 144 Å². The Morgan fingerprint density at radius 3 is 2.46 bits per heavy atom. The number of rotatable bonds is 3. The fraction of sp³-hybridized carbons (Fsp3) is 0.579. The van der Waals surface area contributed by atoms with Gasteiger partial charge in [-0.15, -0.1) is 0 Å². The molecule has 1 aliphatic rings. The molecule has 0 unspecified atom stereocenters. The van der Waals surface area contributed by atoms with Crippen molar-refractivity contribution in [2.75, 3.05) is 11.9 Å². The van der Waals surface area contributed by atoms with Gasteiger partial charge >= 0.3 is 6.09 Å². The van der Waals surface area contributed by atoms with Crippen LogP contribution < -0.4 is 5.32 Å². The lowest BCUT2D eigenvalue weighted by Gasteiger charge is -2.35. The first-order valence-corrected chi connectivity index (χ1v) is 8.71. The van der Waals surface area contributed by atoms with E-state index in [9.17, 15) is 9.59 Å². The van der Waals surface area contributed by atoms with E-state index in [1.165, 1.54) is 6.42 Å². The third kappa shape index (κ3) is 4.98. The van der Waals surface area contributed by atoms with Gasteiger partial charge in [-0.1, -0.05) is 6.92 Å². The number of piperidine rings is 1. The fourth-order valence-corrected chi connectivity index (χ4v) is 2.98. The molecule has 1 aromatic carbocycles. The van der Waals surface area contributed by atoms with Crippen molar-refractivity contribution in [3.05, 3.63) is 29.8 Å². The molecule has 2 amide bonds. The molecular formula is C19H28N2O3. The zero-order chi connectivity index (χ0) is 17.7. The van der Waals surface area contributed by atoms with Gasteiger partial charge in [-0.05, 0) is 70.7 Å². The lowest BCUT2D eigenvalue weighted by molar-refractivity contribution is 0.0606. The average molecular weight is 332 g/mol. The Balaban J connectivity index is 2.00. The molecule has 0 spiro atoms. The van der Waals surface area contributed by atoms with Crippen molar-refractivity contribution in [3.8, 4) is 0 Å². The summed E-state index contributed by atoms with van der Waals surface area (Å²) in [6, 6.07) is 7.34. The summed E-state index contributed by atoms with van der Waals surface area (Å²) < 4.78 is 5.22. The third-order valence-electron chi connectivity index (χ3n) is 4.14. The zero-order valence-electron chi connectivity index (χ0n) is 15.1. The van der Waals surface area contributed by atoms with E-state index in [1.807, 2.05) is 25.7 Å². The van der Waals surface area contributed by atoms with Crippen molar-refractivity contribution in [1.29, 1.82) is 0 Å². The van der Waals surface area contributed by atoms with Crippen LogP contribution in [0.5, 0.6) is 0 Å². The molecule has 132 valence electrons. The van der Waals surface area contributed by atoms with E-state index in [2.05, 4.69) is 12.2 Å². The van der Waals surface area contributed by atoms with Gasteiger partial charge in [-0.3, -0.25) is 10.1 Å². The first-order valence-electron chi connectivity index (χ1n) is 8.71. The summed E-state index contributed by atoms with van der Waals surface area (Å²) in [5.41, 5.74) is 0.736. The Hall–Kier alpha value is -2.04. The van der Waals surface area contributed by atoms with Crippen LogP contribution in [0, 0.1) is 0 Å². The van der Waals surface area contributed by atoms with Crippen LogP contribution in [0.25, 0.3) is 0 Å². The number of anilines is 1. The molecule has 2 rings (SSSR count). The molecule has 1 atom stereocenters. The average Bonchev–Trinajstić information content (AvgIpc) is 2.53. The molecule has 5 nitrogen and oxygen atoms in total. The number of hydrogen-bond donors (Lipinski definition) is 1. The number of nitrogens with one attached hydrogen (secondary N) is 1. The maximum absolute atomic E-state index is 12.7. The molecule has 5 heteroatoms. The van der Waals surface area contributed by atoms with Crippen molar-refractivity contribution in [2.24, 2.45) is 0 Å². The highest BCUT2D eigenvalue weighted by molar-refractivity contribution is 5.95. The second kappa shape index (κ2) is 7.69. The second-order valence-corrected chi connectivity index (χ2v) is 7.26. The minimum atomic E-state index is -0.538. The first-order chi connectivity index (χ1) is 11.3. The number of benzene rings is 1. The van der Waals surface area contributed by atoms with E-state index in [1.54, 1.807) is 24.3 Å². The zero-order valence-corrected chi connectivity index (χ0v) is 15.1. The number of amides is 2. The number of hydrogen-bond acceptors (Lipinski definition) is 3. The number of carbonyl (C=O) groups excluding carboxylic acids is 2. The molecule has 24 heavy (non-hydrogen) atoms. The van der Waals surface area contributed by atoms with Gasteiger partial charge in [-0.2, -0.15) is 0 Å².